The van der Waals surface area contributed by atoms with Gasteiger partial charge in [-0.25, -0.2) is 0 Å². The van der Waals surface area contributed by atoms with Gasteiger partial charge in [-0.1, -0.05) is 35.8 Å². The van der Waals surface area contributed by atoms with Crippen LogP contribution in [0.25, 0.3) is 21.5 Å². The maximum atomic E-state index is 6.08. The van der Waals surface area contributed by atoms with E-state index in [2.05, 4.69) is 72.9 Å². The highest BCUT2D eigenvalue weighted by atomic mass is 127. The largest absolute Gasteiger partial charge is 0.398 e. The summed E-state index contributed by atoms with van der Waals surface area (Å²) in [6.07, 6.45) is 0. The van der Waals surface area contributed by atoms with Crippen molar-refractivity contribution in [3.05, 3.63) is 46.0 Å². The van der Waals surface area contributed by atoms with Crippen LogP contribution in [0.3, 0.4) is 0 Å². The van der Waals surface area contributed by atoms with E-state index in [1.807, 2.05) is 0 Å². The second-order valence-corrected chi connectivity index (χ2v) is 5.42. The average molecular weight is 331 g/mol. The molecule has 0 aliphatic rings. The van der Waals surface area contributed by atoms with Gasteiger partial charge in [0.1, 0.15) is 7.85 Å². The van der Waals surface area contributed by atoms with E-state index in [1.54, 1.807) is 0 Å². The fraction of sp³-hybridized carbons (Fsp3) is 0. The first kappa shape index (κ1) is 10.9. The van der Waals surface area contributed by atoms with Crippen LogP contribution in [0.15, 0.2) is 42.5 Å². The lowest BCUT2D eigenvalue weighted by molar-refractivity contribution is 1.73. The topological polar surface area (TPSA) is 26.0 Å². The van der Waals surface area contributed by atoms with Crippen LogP contribution >= 0.6 is 22.6 Å². The number of hydrogen-bond donors (Lipinski definition) is 1. The third kappa shape index (κ3) is 1.69. The van der Waals surface area contributed by atoms with E-state index in [1.165, 1.54) is 21.5 Å². The lowest BCUT2D eigenvalue weighted by atomic mass is 9.90. The number of benzene rings is 3. The van der Waals surface area contributed by atoms with Gasteiger partial charge in [-0.15, -0.1) is 0 Å². The minimum Gasteiger partial charge on any atom is -0.398 e. The van der Waals surface area contributed by atoms with Crippen LogP contribution in [0.1, 0.15) is 0 Å². The highest BCUT2D eigenvalue weighted by Crippen LogP contribution is 2.28. The second-order valence-electron chi connectivity index (χ2n) is 4.34. The van der Waals surface area contributed by atoms with Crippen molar-refractivity contribution in [2.75, 3.05) is 5.73 Å². The van der Waals surface area contributed by atoms with E-state index >= 15 is 0 Å². The van der Waals surface area contributed by atoms with Crippen molar-refractivity contribution < 1.29 is 0 Å². The molecule has 0 bridgehead atoms. The summed E-state index contributed by atoms with van der Waals surface area (Å²) in [5.74, 6) is 0. The van der Waals surface area contributed by atoms with Crippen LogP contribution < -0.4 is 11.2 Å². The SMILES string of the molecule is Bc1cc2cc3ccccc3cc2c(I)c1N. The number of fused-ring (bicyclic) bond motifs is 2. The normalized spacial score (nSPS) is 11.1. The van der Waals surface area contributed by atoms with Gasteiger partial charge in [-0.2, -0.15) is 0 Å². The molecule has 0 heterocycles. The van der Waals surface area contributed by atoms with Crippen LogP contribution in [0.5, 0.6) is 0 Å². The Kier molecular flexibility index (Phi) is 2.51. The highest BCUT2D eigenvalue weighted by molar-refractivity contribution is 14.1. The summed E-state index contributed by atoms with van der Waals surface area (Å²) in [6, 6.07) is 15.1. The summed E-state index contributed by atoms with van der Waals surface area (Å²) in [7, 11) is 2.06. The molecule has 0 atom stereocenters. The van der Waals surface area contributed by atoms with Gasteiger partial charge in [0, 0.05) is 9.26 Å². The van der Waals surface area contributed by atoms with E-state index in [0.29, 0.717) is 0 Å². The number of hydrogen-bond acceptors (Lipinski definition) is 1. The fourth-order valence-electron chi connectivity index (χ4n) is 2.20. The summed E-state index contributed by atoms with van der Waals surface area (Å²) in [4.78, 5) is 0. The Labute approximate surface area is 115 Å². The van der Waals surface area contributed by atoms with Crippen molar-refractivity contribution in [1.82, 2.24) is 0 Å². The van der Waals surface area contributed by atoms with Crippen molar-refractivity contribution in [3.8, 4) is 0 Å². The Morgan fingerprint density at radius 3 is 2.29 bits per heavy atom. The number of nitrogen functional groups attached to an aromatic ring is 1. The Hall–Kier alpha value is -1.23. The molecule has 0 fully saturated rings. The summed E-state index contributed by atoms with van der Waals surface area (Å²) < 4.78 is 1.16. The molecule has 3 aromatic rings. The molecule has 0 aliphatic heterocycles. The van der Waals surface area contributed by atoms with Gasteiger partial charge in [-0.05, 0) is 56.3 Å². The van der Waals surface area contributed by atoms with Crippen LogP contribution in [0.2, 0.25) is 0 Å². The number of halogens is 1. The zero-order valence-corrected chi connectivity index (χ0v) is 11.7. The molecule has 2 N–H and O–H groups in total. The molecule has 0 saturated carbocycles. The predicted molar refractivity (Wildman–Crippen MR) is 86.8 cm³/mol. The van der Waals surface area contributed by atoms with Gasteiger partial charge >= 0.3 is 0 Å². The molecule has 1 nitrogen and oxygen atoms in total. The quantitative estimate of drug-likeness (QED) is 0.291. The molecular formula is C14H11BIN. The smallest absolute Gasteiger partial charge is 0.142 e. The molecule has 17 heavy (non-hydrogen) atoms. The lowest BCUT2D eigenvalue weighted by Gasteiger charge is -2.09. The molecule has 0 amide bonds. The number of nitrogens with two attached hydrogens (primary N) is 1. The van der Waals surface area contributed by atoms with E-state index in [0.717, 1.165) is 14.7 Å². The van der Waals surface area contributed by atoms with Crippen molar-refractivity contribution in [2.45, 2.75) is 0 Å². The molecular weight excluding hydrogens is 320 g/mol. The molecule has 0 spiro atoms. The average Bonchev–Trinajstić information content (AvgIpc) is 2.34. The maximum absolute atomic E-state index is 6.08. The van der Waals surface area contributed by atoms with E-state index in [9.17, 15) is 0 Å². The molecule has 0 saturated heterocycles. The Morgan fingerprint density at radius 2 is 1.59 bits per heavy atom. The monoisotopic (exact) mass is 331 g/mol. The third-order valence-corrected chi connectivity index (χ3v) is 4.35. The van der Waals surface area contributed by atoms with Crippen LogP contribution in [-0.4, -0.2) is 7.85 Å². The second kappa shape index (κ2) is 3.91. The maximum Gasteiger partial charge on any atom is 0.142 e. The third-order valence-electron chi connectivity index (χ3n) is 3.19. The minimum absolute atomic E-state index is 0.897. The minimum atomic E-state index is 0.897. The van der Waals surface area contributed by atoms with Crippen molar-refractivity contribution in [3.63, 3.8) is 0 Å². The van der Waals surface area contributed by atoms with Crippen LogP contribution in [-0.2, 0) is 0 Å². The molecule has 3 rings (SSSR count). The zero-order chi connectivity index (χ0) is 12.0. The van der Waals surface area contributed by atoms with Gasteiger partial charge in [0.05, 0.1) is 0 Å². The summed E-state index contributed by atoms with van der Waals surface area (Å²) >= 11 is 2.34. The molecule has 82 valence electrons. The van der Waals surface area contributed by atoms with E-state index in [-0.39, 0.29) is 0 Å². The zero-order valence-electron chi connectivity index (χ0n) is 9.50. The summed E-state index contributed by atoms with van der Waals surface area (Å²) in [5, 5.41) is 5.05. The van der Waals surface area contributed by atoms with Gasteiger partial charge in [0.15, 0.2) is 0 Å². The Morgan fingerprint density at radius 1 is 0.941 bits per heavy atom. The molecule has 0 aliphatic carbocycles. The lowest BCUT2D eigenvalue weighted by Crippen LogP contribution is -2.11. The fourth-order valence-corrected chi connectivity index (χ4v) is 3.09. The first-order valence-electron chi connectivity index (χ1n) is 5.54. The van der Waals surface area contributed by atoms with Gasteiger partial charge in [0.2, 0.25) is 0 Å². The predicted octanol–water partition coefficient (Wildman–Crippen LogP) is 2.44. The van der Waals surface area contributed by atoms with E-state index < -0.39 is 0 Å². The van der Waals surface area contributed by atoms with E-state index in [4.69, 9.17) is 5.73 Å². The van der Waals surface area contributed by atoms with Gasteiger partial charge in [-0.3, -0.25) is 0 Å². The molecule has 0 radical (unpaired) electrons. The standard InChI is InChI=1S/C14H11BIN/c15-12-7-10-5-8-3-1-2-4-9(8)6-11(10)13(16)14(12)17/h1-7H,15,17H2. The first-order chi connectivity index (χ1) is 8.16. The molecule has 3 aromatic carbocycles. The summed E-state index contributed by atoms with van der Waals surface area (Å²) in [5.41, 5.74) is 8.13. The Bertz CT molecular complexity index is 737. The van der Waals surface area contributed by atoms with Crippen LogP contribution in [0, 0.1) is 3.57 Å². The molecule has 0 aromatic heterocycles. The molecule has 0 unspecified atom stereocenters. The number of anilines is 1. The first-order valence-corrected chi connectivity index (χ1v) is 6.62. The Balaban J connectivity index is 2.52. The number of rotatable bonds is 0. The van der Waals surface area contributed by atoms with Crippen molar-refractivity contribution >= 4 is 63.1 Å². The van der Waals surface area contributed by atoms with Crippen molar-refractivity contribution in [2.24, 2.45) is 0 Å². The van der Waals surface area contributed by atoms with Gasteiger partial charge in [0.25, 0.3) is 0 Å². The van der Waals surface area contributed by atoms with Gasteiger partial charge < -0.3 is 5.73 Å². The summed E-state index contributed by atoms with van der Waals surface area (Å²) in [6.45, 7) is 0. The highest BCUT2D eigenvalue weighted by Gasteiger charge is 2.06. The van der Waals surface area contributed by atoms with Crippen LogP contribution in [0.4, 0.5) is 5.69 Å². The van der Waals surface area contributed by atoms with Crippen molar-refractivity contribution in [1.29, 1.82) is 0 Å². The molecule has 3 heteroatoms.